The van der Waals surface area contributed by atoms with Crippen LogP contribution in [0.4, 0.5) is 0 Å². The molecule has 0 radical (unpaired) electrons. The summed E-state index contributed by atoms with van der Waals surface area (Å²) in [5, 5.41) is 7.30. The van der Waals surface area contributed by atoms with Gasteiger partial charge in [0.25, 0.3) is 5.91 Å². The van der Waals surface area contributed by atoms with Gasteiger partial charge in [0.1, 0.15) is 5.69 Å². The van der Waals surface area contributed by atoms with Crippen molar-refractivity contribution in [1.82, 2.24) is 30.0 Å². The van der Waals surface area contributed by atoms with Gasteiger partial charge in [-0.05, 0) is 31.2 Å². The molecule has 1 N–H and O–H groups in total. The maximum atomic E-state index is 12.7. The van der Waals surface area contributed by atoms with Gasteiger partial charge in [0.2, 0.25) is 5.91 Å². The number of nitrogens with zero attached hydrogens (tertiary/aromatic N) is 5. The Bertz CT molecular complexity index is 817. The second kappa shape index (κ2) is 7.46. The third kappa shape index (κ3) is 3.99. The minimum absolute atomic E-state index is 0.0113. The molecular formula is C19H24N6O2. The Morgan fingerprint density at radius 1 is 1.22 bits per heavy atom. The summed E-state index contributed by atoms with van der Waals surface area (Å²) in [6.07, 6.45) is 9.76. The van der Waals surface area contributed by atoms with E-state index < -0.39 is 0 Å². The Hall–Kier alpha value is -2.77. The van der Waals surface area contributed by atoms with E-state index in [1.807, 2.05) is 13.1 Å². The van der Waals surface area contributed by atoms with Crippen molar-refractivity contribution in [2.75, 3.05) is 13.1 Å². The number of likely N-dealkylation sites (tertiary alicyclic amines) is 1. The lowest BCUT2D eigenvalue weighted by atomic mass is 9.98. The number of nitrogens with one attached hydrogen (secondary N) is 1. The molecule has 0 bridgehead atoms. The van der Waals surface area contributed by atoms with Crippen molar-refractivity contribution in [2.45, 2.75) is 31.7 Å². The van der Waals surface area contributed by atoms with Gasteiger partial charge >= 0.3 is 0 Å². The van der Waals surface area contributed by atoms with E-state index in [1.165, 1.54) is 25.2 Å². The number of hydrogen-bond donors (Lipinski definition) is 1. The smallest absolute Gasteiger partial charge is 0.274 e. The van der Waals surface area contributed by atoms with Crippen LogP contribution in [0.25, 0.3) is 0 Å². The Morgan fingerprint density at radius 3 is 2.74 bits per heavy atom. The van der Waals surface area contributed by atoms with Gasteiger partial charge in [0.05, 0.1) is 12.2 Å². The average molecular weight is 368 g/mol. The second-order valence-electron chi connectivity index (χ2n) is 7.42. The van der Waals surface area contributed by atoms with E-state index in [0.717, 1.165) is 5.69 Å². The first-order valence-electron chi connectivity index (χ1n) is 9.43. The van der Waals surface area contributed by atoms with Gasteiger partial charge in [-0.1, -0.05) is 0 Å². The number of carbonyl (C=O) groups excluding carboxylic acids is 2. The van der Waals surface area contributed by atoms with Gasteiger partial charge in [0, 0.05) is 56.8 Å². The Balaban J connectivity index is 1.37. The molecule has 2 amide bonds. The van der Waals surface area contributed by atoms with E-state index in [1.54, 1.807) is 22.0 Å². The lowest BCUT2D eigenvalue weighted by molar-refractivity contribution is -0.122. The SMILES string of the molecule is Cn1nccc1CCC(=O)N[C@@H]1CN(C(=O)c2cnccn2)C[C@H]1C1CC1. The number of amides is 2. The van der Waals surface area contributed by atoms with Crippen molar-refractivity contribution >= 4 is 11.8 Å². The molecule has 142 valence electrons. The molecule has 27 heavy (non-hydrogen) atoms. The number of aryl methyl sites for hydroxylation is 2. The van der Waals surface area contributed by atoms with Gasteiger partial charge in [-0.2, -0.15) is 5.10 Å². The highest BCUT2D eigenvalue weighted by atomic mass is 16.2. The van der Waals surface area contributed by atoms with Gasteiger partial charge in [-0.15, -0.1) is 0 Å². The number of aromatic nitrogens is 4. The molecule has 2 aromatic rings. The highest BCUT2D eigenvalue weighted by molar-refractivity contribution is 5.92. The van der Waals surface area contributed by atoms with Gasteiger partial charge in [-0.3, -0.25) is 19.3 Å². The zero-order valence-corrected chi connectivity index (χ0v) is 15.4. The molecule has 1 saturated carbocycles. The van der Waals surface area contributed by atoms with E-state index in [-0.39, 0.29) is 17.9 Å². The molecule has 8 nitrogen and oxygen atoms in total. The Morgan fingerprint density at radius 2 is 2.07 bits per heavy atom. The molecule has 1 aliphatic carbocycles. The third-order valence-electron chi connectivity index (χ3n) is 5.54. The third-order valence-corrected chi connectivity index (χ3v) is 5.54. The van der Waals surface area contributed by atoms with Crippen LogP contribution < -0.4 is 5.32 Å². The normalized spacial score (nSPS) is 22.0. The molecule has 2 aromatic heterocycles. The van der Waals surface area contributed by atoms with Crippen molar-refractivity contribution in [3.8, 4) is 0 Å². The fourth-order valence-electron chi connectivity index (χ4n) is 3.89. The standard InChI is InChI=1S/C19H24N6O2/c1-24-14(6-7-22-24)4-5-18(26)23-17-12-25(11-15(17)13-2-3-13)19(27)16-10-20-8-9-21-16/h6-10,13,15,17H,2-5,11-12H2,1H3,(H,23,26)/t15-,17+/m0/s1. The second-order valence-corrected chi connectivity index (χ2v) is 7.42. The Labute approximate surface area is 158 Å². The number of rotatable bonds is 6. The average Bonchev–Trinajstić information content (AvgIpc) is 3.32. The summed E-state index contributed by atoms with van der Waals surface area (Å²) in [6.45, 7) is 1.21. The van der Waals surface area contributed by atoms with E-state index in [4.69, 9.17) is 0 Å². The van der Waals surface area contributed by atoms with E-state index in [2.05, 4.69) is 20.4 Å². The maximum Gasteiger partial charge on any atom is 0.274 e. The summed E-state index contributed by atoms with van der Waals surface area (Å²) in [7, 11) is 1.88. The molecule has 3 heterocycles. The first kappa shape index (κ1) is 17.6. The molecule has 1 aliphatic heterocycles. The molecule has 8 heteroatoms. The van der Waals surface area contributed by atoms with Gasteiger partial charge < -0.3 is 10.2 Å². The molecule has 2 fully saturated rings. The highest BCUT2D eigenvalue weighted by Gasteiger charge is 2.44. The van der Waals surface area contributed by atoms with Crippen LogP contribution in [0.2, 0.25) is 0 Å². The molecule has 0 aromatic carbocycles. The molecule has 0 unspecified atom stereocenters. The minimum Gasteiger partial charge on any atom is -0.351 e. The Kier molecular flexibility index (Phi) is 4.87. The monoisotopic (exact) mass is 368 g/mol. The van der Waals surface area contributed by atoms with Crippen LogP contribution in [-0.2, 0) is 18.3 Å². The van der Waals surface area contributed by atoms with E-state index in [9.17, 15) is 9.59 Å². The summed E-state index contributed by atoms with van der Waals surface area (Å²) in [4.78, 5) is 35.1. The fourth-order valence-corrected chi connectivity index (χ4v) is 3.89. The summed E-state index contributed by atoms with van der Waals surface area (Å²) in [5.74, 6) is 0.847. The van der Waals surface area contributed by atoms with Crippen molar-refractivity contribution in [3.63, 3.8) is 0 Å². The molecule has 0 spiro atoms. The van der Waals surface area contributed by atoms with Crippen molar-refractivity contribution in [3.05, 3.63) is 42.2 Å². The lowest BCUT2D eigenvalue weighted by Gasteiger charge is -2.19. The molecule has 1 saturated heterocycles. The van der Waals surface area contributed by atoms with Crippen LogP contribution in [0.1, 0.15) is 35.4 Å². The van der Waals surface area contributed by atoms with Gasteiger partial charge in [0.15, 0.2) is 0 Å². The number of hydrogen-bond acceptors (Lipinski definition) is 5. The summed E-state index contributed by atoms with van der Waals surface area (Å²) >= 11 is 0. The van der Waals surface area contributed by atoms with Crippen LogP contribution in [0, 0.1) is 11.8 Å². The van der Waals surface area contributed by atoms with Crippen LogP contribution in [0.3, 0.4) is 0 Å². The van der Waals surface area contributed by atoms with E-state index in [0.29, 0.717) is 43.5 Å². The van der Waals surface area contributed by atoms with Crippen molar-refractivity contribution < 1.29 is 9.59 Å². The first-order chi connectivity index (χ1) is 13.1. The van der Waals surface area contributed by atoms with Crippen molar-refractivity contribution in [2.24, 2.45) is 18.9 Å². The van der Waals surface area contributed by atoms with Crippen LogP contribution in [-0.4, -0.2) is 55.6 Å². The fraction of sp³-hybridized carbons (Fsp3) is 0.526. The van der Waals surface area contributed by atoms with E-state index >= 15 is 0 Å². The molecule has 4 rings (SSSR count). The zero-order valence-electron chi connectivity index (χ0n) is 15.4. The topological polar surface area (TPSA) is 93.0 Å². The quantitative estimate of drug-likeness (QED) is 0.814. The summed E-state index contributed by atoms with van der Waals surface area (Å²) < 4.78 is 1.79. The summed E-state index contributed by atoms with van der Waals surface area (Å²) in [6, 6.07) is 1.94. The number of carbonyl (C=O) groups is 2. The first-order valence-corrected chi connectivity index (χ1v) is 9.43. The van der Waals surface area contributed by atoms with Crippen LogP contribution in [0.5, 0.6) is 0 Å². The molecule has 2 atom stereocenters. The minimum atomic E-state index is -0.111. The van der Waals surface area contributed by atoms with Crippen molar-refractivity contribution in [1.29, 1.82) is 0 Å². The van der Waals surface area contributed by atoms with Gasteiger partial charge in [-0.25, -0.2) is 4.98 Å². The van der Waals surface area contributed by atoms with Crippen LogP contribution in [0.15, 0.2) is 30.9 Å². The molecule has 2 aliphatic rings. The highest BCUT2D eigenvalue weighted by Crippen LogP contribution is 2.41. The van der Waals surface area contributed by atoms with Crippen LogP contribution >= 0.6 is 0 Å². The predicted molar refractivity (Wildman–Crippen MR) is 97.6 cm³/mol. The predicted octanol–water partition coefficient (Wildman–Crippen LogP) is 0.810. The maximum absolute atomic E-state index is 12.7. The largest absolute Gasteiger partial charge is 0.351 e. The summed E-state index contributed by atoms with van der Waals surface area (Å²) in [5.41, 5.74) is 1.39. The lowest BCUT2D eigenvalue weighted by Crippen LogP contribution is -2.41. The zero-order chi connectivity index (χ0) is 18.8. The molecular weight excluding hydrogens is 344 g/mol.